The van der Waals surface area contributed by atoms with E-state index in [1.165, 1.54) is 6.92 Å². The maximum absolute atomic E-state index is 12.7. The number of unbranched alkanes of at least 4 members (excludes halogenated alkanes) is 1. The first kappa shape index (κ1) is 20.3. The Hall–Kier alpha value is -1.72. The number of carboxylic acids is 1. The topological polar surface area (TPSA) is 106 Å². The van der Waals surface area contributed by atoms with Crippen LogP contribution in [0.4, 0.5) is 0 Å². The number of benzene rings is 1. The molecule has 1 unspecified atom stereocenters. The second-order valence-corrected chi connectivity index (χ2v) is 6.98. The normalized spacial score (nSPS) is 15.1. The Morgan fingerprint density at radius 1 is 1.17 bits per heavy atom. The third-order valence-electron chi connectivity index (χ3n) is 4.40. The van der Waals surface area contributed by atoms with Crippen LogP contribution in [0.3, 0.4) is 0 Å². The zero-order chi connectivity index (χ0) is 18.3. The smallest absolute Gasteiger partial charge is 0.321 e. The van der Waals surface area contributed by atoms with E-state index in [1.54, 1.807) is 12.1 Å². The van der Waals surface area contributed by atoms with Gasteiger partial charge in [0.05, 0.1) is 6.04 Å². The zero-order valence-corrected chi connectivity index (χ0v) is 14.9. The molecule has 0 amide bonds. The van der Waals surface area contributed by atoms with Crippen LogP contribution >= 0.6 is 0 Å². The molecule has 5 N–H and O–H groups in total. The Kier molecular flexibility index (Phi) is 7.58. The highest BCUT2D eigenvalue weighted by molar-refractivity contribution is 6.10. The first-order valence-corrected chi connectivity index (χ1v) is 8.56. The van der Waals surface area contributed by atoms with Crippen molar-refractivity contribution < 1.29 is 14.7 Å². The molecule has 0 heterocycles. The Labute approximate surface area is 144 Å². The zero-order valence-electron chi connectivity index (χ0n) is 14.9. The van der Waals surface area contributed by atoms with Crippen molar-refractivity contribution in [2.75, 3.05) is 6.54 Å². The molecule has 0 aliphatic rings. The van der Waals surface area contributed by atoms with Crippen LogP contribution in [0.5, 0.6) is 0 Å². The van der Waals surface area contributed by atoms with Gasteiger partial charge in [0.15, 0.2) is 5.78 Å². The summed E-state index contributed by atoms with van der Waals surface area (Å²) in [7, 11) is 0. The number of aliphatic carboxylic acids is 1. The summed E-state index contributed by atoms with van der Waals surface area (Å²) in [5, 5.41) is 9.70. The van der Waals surface area contributed by atoms with Crippen molar-refractivity contribution >= 4 is 11.8 Å². The molecule has 0 fully saturated rings. The molecule has 134 valence electrons. The van der Waals surface area contributed by atoms with Gasteiger partial charge in [-0.2, -0.15) is 0 Å². The number of carboxylic acid groups (broad SMARTS) is 1. The SMILES string of the molecule is CC(C)Cc1ccc(C(C)(C(=O)O)C(=O)[C@@H](N)CCCCN)cc1. The molecule has 1 aromatic carbocycles. The fourth-order valence-electron chi connectivity index (χ4n) is 2.83. The third kappa shape index (κ3) is 4.89. The minimum Gasteiger partial charge on any atom is -0.480 e. The average Bonchev–Trinajstić information content (AvgIpc) is 2.53. The van der Waals surface area contributed by atoms with Crippen LogP contribution in [-0.4, -0.2) is 29.4 Å². The molecule has 0 aliphatic heterocycles. The molecular weight excluding hydrogens is 304 g/mol. The predicted octanol–water partition coefficient (Wildman–Crippen LogP) is 2.25. The number of carbonyl (C=O) groups excluding carboxylic acids is 1. The molecule has 0 bridgehead atoms. The van der Waals surface area contributed by atoms with E-state index in [9.17, 15) is 14.7 Å². The number of rotatable bonds is 10. The maximum atomic E-state index is 12.7. The lowest BCUT2D eigenvalue weighted by Gasteiger charge is -2.27. The standard InChI is InChI=1S/C19H30N2O3/c1-13(2)12-14-7-9-15(10-8-14)19(3,18(23)24)17(22)16(21)6-4-5-11-20/h7-10,13,16H,4-6,11-12,20-21H2,1-3H3,(H,23,24)/t16-,19?/m0/s1. The lowest BCUT2D eigenvalue weighted by atomic mass is 9.75. The van der Waals surface area contributed by atoms with Crippen molar-refractivity contribution in [2.45, 2.75) is 57.9 Å². The van der Waals surface area contributed by atoms with Crippen molar-refractivity contribution in [3.63, 3.8) is 0 Å². The molecule has 0 aromatic heterocycles. The Morgan fingerprint density at radius 3 is 2.21 bits per heavy atom. The highest BCUT2D eigenvalue weighted by Gasteiger charge is 2.44. The molecule has 2 atom stereocenters. The highest BCUT2D eigenvalue weighted by atomic mass is 16.4. The molecule has 0 radical (unpaired) electrons. The van der Waals surface area contributed by atoms with Crippen LogP contribution < -0.4 is 11.5 Å². The molecule has 24 heavy (non-hydrogen) atoms. The fourth-order valence-corrected chi connectivity index (χ4v) is 2.83. The molecular formula is C19H30N2O3. The lowest BCUT2D eigenvalue weighted by molar-refractivity contribution is -0.148. The van der Waals surface area contributed by atoms with E-state index in [2.05, 4.69) is 13.8 Å². The van der Waals surface area contributed by atoms with Gasteiger partial charge in [-0.25, -0.2) is 0 Å². The van der Waals surface area contributed by atoms with Gasteiger partial charge in [0.1, 0.15) is 5.41 Å². The van der Waals surface area contributed by atoms with Crippen LogP contribution in [0.2, 0.25) is 0 Å². The molecule has 5 nitrogen and oxygen atoms in total. The van der Waals surface area contributed by atoms with Crippen LogP contribution in [0.25, 0.3) is 0 Å². The molecule has 0 saturated heterocycles. The van der Waals surface area contributed by atoms with Crippen LogP contribution in [-0.2, 0) is 21.4 Å². The Balaban J connectivity index is 3.02. The summed E-state index contributed by atoms with van der Waals surface area (Å²) in [6.07, 6.45) is 2.85. The quantitative estimate of drug-likeness (QED) is 0.449. The van der Waals surface area contributed by atoms with Gasteiger partial charge in [-0.15, -0.1) is 0 Å². The molecule has 1 aromatic rings. The number of carbonyl (C=O) groups is 2. The second-order valence-electron chi connectivity index (χ2n) is 6.98. The maximum Gasteiger partial charge on any atom is 0.321 e. The monoisotopic (exact) mass is 334 g/mol. The second kappa shape index (κ2) is 8.94. The van der Waals surface area contributed by atoms with Crippen LogP contribution in [0.15, 0.2) is 24.3 Å². The van der Waals surface area contributed by atoms with Gasteiger partial charge in [-0.05, 0) is 49.8 Å². The summed E-state index contributed by atoms with van der Waals surface area (Å²) in [6.45, 7) is 6.23. The van der Waals surface area contributed by atoms with E-state index >= 15 is 0 Å². The van der Waals surface area contributed by atoms with Gasteiger partial charge in [0.25, 0.3) is 0 Å². The Morgan fingerprint density at radius 2 is 1.75 bits per heavy atom. The number of hydrogen-bond donors (Lipinski definition) is 3. The first-order valence-electron chi connectivity index (χ1n) is 8.56. The van der Waals surface area contributed by atoms with E-state index < -0.39 is 23.2 Å². The van der Waals surface area contributed by atoms with E-state index in [0.29, 0.717) is 30.9 Å². The van der Waals surface area contributed by atoms with Crippen molar-refractivity contribution in [3.8, 4) is 0 Å². The molecule has 0 aliphatic carbocycles. The third-order valence-corrected chi connectivity index (χ3v) is 4.40. The van der Waals surface area contributed by atoms with Gasteiger partial charge in [-0.3, -0.25) is 9.59 Å². The number of Topliss-reactive ketones (excluding diaryl/α,β-unsaturated/α-hetero) is 1. The van der Waals surface area contributed by atoms with Gasteiger partial charge in [-0.1, -0.05) is 44.5 Å². The van der Waals surface area contributed by atoms with Gasteiger partial charge in [0, 0.05) is 0 Å². The van der Waals surface area contributed by atoms with Crippen molar-refractivity contribution in [1.29, 1.82) is 0 Å². The summed E-state index contributed by atoms with van der Waals surface area (Å²) in [4.78, 5) is 24.6. The van der Waals surface area contributed by atoms with Crippen LogP contribution in [0, 0.1) is 5.92 Å². The van der Waals surface area contributed by atoms with Gasteiger partial charge >= 0.3 is 5.97 Å². The largest absolute Gasteiger partial charge is 0.480 e. The predicted molar refractivity (Wildman–Crippen MR) is 95.9 cm³/mol. The van der Waals surface area contributed by atoms with E-state index in [1.807, 2.05) is 12.1 Å². The van der Waals surface area contributed by atoms with Gasteiger partial charge in [0.2, 0.25) is 0 Å². The van der Waals surface area contributed by atoms with Crippen LogP contribution in [0.1, 0.15) is 51.2 Å². The van der Waals surface area contributed by atoms with Crippen molar-refractivity contribution in [1.82, 2.24) is 0 Å². The summed E-state index contributed by atoms with van der Waals surface area (Å²) in [5.41, 5.74) is 11.4. The fraction of sp³-hybridized carbons (Fsp3) is 0.579. The molecule has 1 rings (SSSR count). The first-order chi connectivity index (χ1) is 11.2. The van der Waals surface area contributed by atoms with Gasteiger partial charge < -0.3 is 16.6 Å². The summed E-state index contributed by atoms with van der Waals surface area (Å²) < 4.78 is 0. The number of ketones is 1. The highest BCUT2D eigenvalue weighted by Crippen LogP contribution is 2.28. The summed E-state index contributed by atoms with van der Waals surface area (Å²) in [6, 6.07) is 6.45. The lowest BCUT2D eigenvalue weighted by Crippen LogP contribution is -2.49. The van der Waals surface area contributed by atoms with E-state index in [0.717, 1.165) is 18.4 Å². The summed E-state index contributed by atoms with van der Waals surface area (Å²) >= 11 is 0. The average molecular weight is 334 g/mol. The minimum atomic E-state index is -1.63. The number of nitrogens with two attached hydrogens (primary N) is 2. The van der Waals surface area contributed by atoms with E-state index in [-0.39, 0.29) is 0 Å². The van der Waals surface area contributed by atoms with E-state index in [4.69, 9.17) is 11.5 Å². The molecule has 0 saturated carbocycles. The molecule has 5 heteroatoms. The minimum absolute atomic E-state index is 0.449. The Bertz CT molecular complexity index is 554. The van der Waals surface area contributed by atoms with Crippen molar-refractivity contribution in [3.05, 3.63) is 35.4 Å². The number of hydrogen-bond acceptors (Lipinski definition) is 4. The molecule has 0 spiro atoms. The van der Waals surface area contributed by atoms with Crippen molar-refractivity contribution in [2.24, 2.45) is 17.4 Å². The summed E-state index contributed by atoms with van der Waals surface area (Å²) in [5.74, 6) is -1.11.